The third-order valence-corrected chi connectivity index (χ3v) is 2.42. The average Bonchev–Trinajstić information content (AvgIpc) is 2.20. The zero-order chi connectivity index (χ0) is 13.1. The number of anilines is 1. The van der Waals surface area contributed by atoms with E-state index in [0.29, 0.717) is 10.8 Å². The summed E-state index contributed by atoms with van der Waals surface area (Å²) < 4.78 is 0. The number of halogens is 1. The van der Waals surface area contributed by atoms with Gasteiger partial charge in [0.2, 0.25) is 5.91 Å². The predicted molar refractivity (Wildman–Crippen MR) is 63.9 cm³/mol. The SMILES string of the molecule is CC(C)(CC(=O)Nc1ccc(Cl)nc1)C(=O)O. The first-order valence-electron chi connectivity index (χ1n) is 4.96. The molecule has 1 amide bonds. The Bertz CT molecular complexity index is 429. The Morgan fingerprint density at radius 3 is 2.59 bits per heavy atom. The van der Waals surface area contributed by atoms with E-state index >= 15 is 0 Å². The topological polar surface area (TPSA) is 79.3 Å². The summed E-state index contributed by atoms with van der Waals surface area (Å²) in [4.78, 5) is 26.2. The number of nitrogens with one attached hydrogen (secondary N) is 1. The van der Waals surface area contributed by atoms with E-state index in [2.05, 4.69) is 10.3 Å². The molecule has 0 aliphatic carbocycles. The summed E-state index contributed by atoms with van der Waals surface area (Å²) in [5.41, 5.74) is -0.607. The molecule has 1 rings (SSSR count). The van der Waals surface area contributed by atoms with E-state index in [0.717, 1.165) is 0 Å². The molecule has 1 aromatic rings. The first-order valence-corrected chi connectivity index (χ1v) is 5.34. The van der Waals surface area contributed by atoms with Crippen molar-refractivity contribution >= 4 is 29.2 Å². The van der Waals surface area contributed by atoms with Crippen molar-refractivity contribution in [3.8, 4) is 0 Å². The minimum atomic E-state index is -1.09. The van der Waals surface area contributed by atoms with E-state index in [9.17, 15) is 9.59 Å². The maximum absolute atomic E-state index is 11.6. The van der Waals surface area contributed by atoms with Gasteiger partial charge in [0.15, 0.2) is 0 Å². The molecular weight excluding hydrogens is 244 g/mol. The fourth-order valence-corrected chi connectivity index (χ4v) is 1.24. The van der Waals surface area contributed by atoms with E-state index in [1.807, 2.05) is 0 Å². The highest BCUT2D eigenvalue weighted by Crippen LogP contribution is 2.21. The van der Waals surface area contributed by atoms with Crippen LogP contribution in [-0.4, -0.2) is 22.0 Å². The molecule has 0 fully saturated rings. The first kappa shape index (κ1) is 13.4. The minimum Gasteiger partial charge on any atom is -0.481 e. The second kappa shape index (κ2) is 5.14. The van der Waals surface area contributed by atoms with Crippen LogP contribution in [0.5, 0.6) is 0 Å². The highest BCUT2D eigenvalue weighted by Gasteiger charge is 2.30. The molecule has 0 saturated heterocycles. The van der Waals surface area contributed by atoms with Gasteiger partial charge in [0, 0.05) is 6.42 Å². The second-order valence-electron chi connectivity index (χ2n) is 4.28. The lowest BCUT2D eigenvalue weighted by Crippen LogP contribution is -2.29. The van der Waals surface area contributed by atoms with Crippen LogP contribution in [0, 0.1) is 5.41 Å². The molecule has 6 heteroatoms. The molecule has 0 unspecified atom stereocenters. The quantitative estimate of drug-likeness (QED) is 0.809. The highest BCUT2D eigenvalue weighted by atomic mass is 35.5. The number of rotatable bonds is 4. The molecule has 0 spiro atoms. The number of carboxylic acid groups (broad SMARTS) is 1. The van der Waals surface area contributed by atoms with Crippen LogP contribution in [0.15, 0.2) is 18.3 Å². The van der Waals surface area contributed by atoms with E-state index in [1.54, 1.807) is 12.1 Å². The third-order valence-electron chi connectivity index (χ3n) is 2.19. The monoisotopic (exact) mass is 256 g/mol. The van der Waals surface area contributed by atoms with Crippen molar-refractivity contribution in [1.82, 2.24) is 4.98 Å². The van der Waals surface area contributed by atoms with Crippen LogP contribution in [-0.2, 0) is 9.59 Å². The molecule has 2 N–H and O–H groups in total. The molecule has 0 atom stereocenters. The Morgan fingerprint density at radius 1 is 1.47 bits per heavy atom. The average molecular weight is 257 g/mol. The van der Waals surface area contributed by atoms with Crippen LogP contribution in [0.2, 0.25) is 5.15 Å². The van der Waals surface area contributed by atoms with Gasteiger partial charge in [0.05, 0.1) is 17.3 Å². The third kappa shape index (κ3) is 4.03. The number of pyridine rings is 1. The molecule has 17 heavy (non-hydrogen) atoms. The minimum absolute atomic E-state index is 0.106. The number of carbonyl (C=O) groups is 2. The molecule has 0 aliphatic rings. The highest BCUT2D eigenvalue weighted by molar-refractivity contribution is 6.29. The van der Waals surface area contributed by atoms with Crippen LogP contribution in [0.3, 0.4) is 0 Å². The van der Waals surface area contributed by atoms with Crippen LogP contribution in [0.1, 0.15) is 20.3 Å². The number of aromatic nitrogens is 1. The van der Waals surface area contributed by atoms with E-state index in [1.165, 1.54) is 20.0 Å². The summed E-state index contributed by atoms with van der Waals surface area (Å²) in [6.45, 7) is 2.99. The second-order valence-corrected chi connectivity index (χ2v) is 4.67. The zero-order valence-corrected chi connectivity index (χ0v) is 10.3. The Balaban J connectivity index is 2.62. The van der Waals surface area contributed by atoms with E-state index in [-0.39, 0.29) is 12.3 Å². The van der Waals surface area contributed by atoms with Crippen LogP contribution >= 0.6 is 11.6 Å². The summed E-state index contributed by atoms with van der Waals surface area (Å²) in [7, 11) is 0. The molecule has 0 bridgehead atoms. The van der Waals surface area contributed by atoms with Gasteiger partial charge in [0.1, 0.15) is 5.15 Å². The Labute approximate surface area is 104 Å². The van der Waals surface area contributed by atoms with Gasteiger partial charge in [-0.2, -0.15) is 0 Å². The lowest BCUT2D eigenvalue weighted by Gasteiger charge is -2.18. The molecule has 5 nitrogen and oxygen atoms in total. The van der Waals surface area contributed by atoms with Crippen molar-refractivity contribution in [3.05, 3.63) is 23.5 Å². The number of aliphatic carboxylic acids is 1. The van der Waals surface area contributed by atoms with Crippen molar-refractivity contribution in [1.29, 1.82) is 0 Å². The van der Waals surface area contributed by atoms with E-state index < -0.39 is 11.4 Å². The summed E-state index contributed by atoms with van der Waals surface area (Å²) in [5, 5.41) is 11.8. The Hall–Kier alpha value is -1.62. The van der Waals surface area contributed by atoms with Gasteiger partial charge in [-0.3, -0.25) is 9.59 Å². The van der Waals surface area contributed by atoms with Crippen molar-refractivity contribution in [2.24, 2.45) is 5.41 Å². The van der Waals surface area contributed by atoms with Gasteiger partial charge in [0.25, 0.3) is 0 Å². The number of hydrogen-bond donors (Lipinski definition) is 2. The molecule has 92 valence electrons. The van der Waals surface area contributed by atoms with Gasteiger partial charge < -0.3 is 10.4 Å². The Morgan fingerprint density at radius 2 is 2.12 bits per heavy atom. The van der Waals surface area contributed by atoms with Crippen LogP contribution < -0.4 is 5.32 Å². The van der Waals surface area contributed by atoms with Crippen molar-refractivity contribution < 1.29 is 14.7 Å². The number of amides is 1. The predicted octanol–water partition coefficient (Wildman–Crippen LogP) is 2.17. The Kier molecular flexibility index (Phi) is 4.07. The summed E-state index contributed by atoms with van der Waals surface area (Å²) in [6, 6.07) is 3.14. The maximum Gasteiger partial charge on any atom is 0.309 e. The molecule has 0 radical (unpaired) electrons. The standard InChI is InChI=1S/C11H13ClN2O3/c1-11(2,10(16)17)5-9(15)14-7-3-4-8(12)13-6-7/h3-4,6H,5H2,1-2H3,(H,14,15)(H,16,17). The maximum atomic E-state index is 11.6. The van der Waals surface area contributed by atoms with Crippen LogP contribution in [0.25, 0.3) is 0 Å². The van der Waals surface area contributed by atoms with Gasteiger partial charge in [-0.05, 0) is 26.0 Å². The molecule has 1 aromatic heterocycles. The molecule has 1 heterocycles. The molecular formula is C11H13ClN2O3. The molecule has 0 saturated carbocycles. The van der Waals surface area contributed by atoms with Crippen molar-refractivity contribution in [3.63, 3.8) is 0 Å². The lowest BCUT2D eigenvalue weighted by atomic mass is 9.89. The number of carbonyl (C=O) groups excluding carboxylic acids is 1. The fraction of sp³-hybridized carbons (Fsp3) is 0.364. The molecule has 0 aromatic carbocycles. The smallest absolute Gasteiger partial charge is 0.309 e. The van der Waals surface area contributed by atoms with Crippen molar-refractivity contribution in [2.45, 2.75) is 20.3 Å². The van der Waals surface area contributed by atoms with Gasteiger partial charge in [-0.15, -0.1) is 0 Å². The first-order chi connectivity index (χ1) is 7.81. The normalized spacial score (nSPS) is 11.0. The number of carboxylic acids is 1. The molecule has 0 aliphatic heterocycles. The van der Waals surface area contributed by atoms with Gasteiger partial charge in [-0.1, -0.05) is 11.6 Å². The fourth-order valence-electron chi connectivity index (χ4n) is 1.13. The number of hydrogen-bond acceptors (Lipinski definition) is 3. The lowest BCUT2D eigenvalue weighted by molar-refractivity contribution is -0.148. The van der Waals surface area contributed by atoms with Gasteiger partial charge >= 0.3 is 5.97 Å². The summed E-state index contributed by atoms with van der Waals surface area (Å²) >= 11 is 5.59. The largest absolute Gasteiger partial charge is 0.481 e. The summed E-state index contributed by atoms with van der Waals surface area (Å²) in [5.74, 6) is -1.39. The van der Waals surface area contributed by atoms with Crippen molar-refractivity contribution in [2.75, 3.05) is 5.32 Å². The summed E-state index contributed by atoms with van der Waals surface area (Å²) in [6.07, 6.45) is 1.30. The van der Waals surface area contributed by atoms with E-state index in [4.69, 9.17) is 16.7 Å². The van der Waals surface area contributed by atoms with Gasteiger partial charge in [-0.25, -0.2) is 4.98 Å². The van der Waals surface area contributed by atoms with Crippen LogP contribution in [0.4, 0.5) is 5.69 Å². The number of nitrogens with zero attached hydrogens (tertiary/aromatic N) is 1. The zero-order valence-electron chi connectivity index (χ0n) is 9.53.